The average Bonchev–Trinajstić information content (AvgIpc) is 3.89. The lowest BCUT2D eigenvalue weighted by molar-refractivity contribution is 0.258. The van der Waals surface area contributed by atoms with E-state index in [1.807, 2.05) is 11.3 Å². The molecule has 3 aliphatic rings. The third-order valence-corrected chi connectivity index (χ3v) is 12.3. The van der Waals surface area contributed by atoms with Crippen LogP contribution >= 0.6 is 11.3 Å². The Hall–Kier alpha value is -6.10. The summed E-state index contributed by atoms with van der Waals surface area (Å²) in [6.07, 6.45) is 13.5. The number of ether oxygens (including phenoxy) is 1. The maximum absolute atomic E-state index is 6.78. The van der Waals surface area contributed by atoms with E-state index in [0.717, 1.165) is 24.3 Å². The maximum Gasteiger partial charge on any atom is 0.149 e. The largest absolute Gasteiger partial charge is 0.483 e. The van der Waals surface area contributed by atoms with E-state index in [-0.39, 0.29) is 12.1 Å². The van der Waals surface area contributed by atoms with Crippen molar-refractivity contribution in [2.45, 2.75) is 25.0 Å². The van der Waals surface area contributed by atoms with Crippen LogP contribution in [0, 0.1) is 0 Å². The first-order valence-electron chi connectivity index (χ1n) is 18.1. The highest BCUT2D eigenvalue weighted by molar-refractivity contribution is 7.20. The molecular formula is C48H34N2OS. The molecule has 0 N–H and O–H groups in total. The van der Waals surface area contributed by atoms with Crippen molar-refractivity contribution in [2.24, 2.45) is 0 Å². The summed E-state index contributed by atoms with van der Waals surface area (Å²) in [6, 6.07) is 50.7. The second kappa shape index (κ2) is 11.7. The van der Waals surface area contributed by atoms with Gasteiger partial charge in [0.2, 0.25) is 0 Å². The molecule has 2 aromatic heterocycles. The molecule has 0 fully saturated rings. The fourth-order valence-electron chi connectivity index (χ4n) is 8.66. The highest BCUT2D eigenvalue weighted by atomic mass is 32.1. The Balaban J connectivity index is 1.05. The second-order valence-corrected chi connectivity index (χ2v) is 15.0. The number of thiophene rings is 1. The lowest BCUT2D eigenvalue weighted by Gasteiger charge is -2.37. The molecule has 2 unspecified atom stereocenters. The van der Waals surface area contributed by atoms with E-state index in [2.05, 4.69) is 179 Å². The fraction of sp³-hybridized carbons (Fsp3) is 0.0833. The molecule has 3 nitrogen and oxygen atoms in total. The Bertz CT molecular complexity index is 2780. The quantitative estimate of drug-likeness (QED) is 0.179. The molecule has 2 aliphatic carbocycles. The zero-order chi connectivity index (χ0) is 34.2. The van der Waals surface area contributed by atoms with E-state index >= 15 is 0 Å². The third-order valence-electron chi connectivity index (χ3n) is 11.0. The van der Waals surface area contributed by atoms with E-state index in [9.17, 15) is 0 Å². The summed E-state index contributed by atoms with van der Waals surface area (Å²) in [6.45, 7) is 0. The number of benzene rings is 6. The first kappa shape index (κ1) is 29.6. The van der Waals surface area contributed by atoms with Gasteiger partial charge < -0.3 is 14.2 Å². The van der Waals surface area contributed by atoms with Crippen molar-refractivity contribution in [1.82, 2.24) is 4.57 Å². The second-order valence-electron chi connectivity index (χ2n) is 13.9. The first-order valence-corrected chi connectivity index (χ1v) is 19.0. The number of aryl methyl sites for hydroxylation is 1. The predicted molar refractivity (Wildman–Crippen MR) is 219 cm³/mol. The van der Waals surface area contributed by atoms with Gasteiger partial charge in [0.25, 0.3) is 0 Å². The number of rotatable bonds is 5. The molecule has 1 aliphatic heterocycles. The van der Waals surface area contributed by atoms with Gasteiger partial charge in [-0.25, -0.2) is 0 Å². The van der Waals surface area contributed by atoms with Crippen molar-refractivity contribution in [1.29, 1.82) is 0 Å². The van der Waals surface area contributed by atoms with Crippen LogP contribution in [0.4, 0.5) is 11.4 Å². The summed E-state index contributed by atoms with van der Waals surface area (Å²) in [4.78, 5) is 3.91. The number of aromatic nitrogens is 1. The van der Waals surface area contributed by atoms with Gasteiger partial charge in [-0.1, -0.05) is 115 Å². The number of nitrogens with zero attached hydrogens (tertiary/aromatic N) is 2. The van der Waals surface area contributed by atoms with Crippen LogP contribution in [-0.4, -0.2) is 16.7 Å². The SMILES string of the molecule is C1=CC(N(c2ccc(-c3ccc4c5ccccc5n(-c5ccccc5)c4c3)cc2)c2cccc3c4c(sc23)C=CCC4)C2Oc3ccccc3C2=C1. The van der Waals surface area contributed by atoms with Crippen LogP contribution in [0.3, 0.4) is 0 Å². The van der Waals surface area contributed by atoms with Gasteiger partial charge in [0.1, 0.15) is 11.9 Å². The molecule has 3 heterocycles. The van der Waals surface area contributed by atoms with E-state index in [1.54, 1.807) is 0 Å². The average molecular weight is 687 g/mol. The molecule has 0 spiro atoms. The topological polar surface area (TPSA) is 17.4 Å². The lowest BCUT2D eigenvalue weighted by atomic mass is 9.91. The van der Waals surface area contributed by atoms with Crippen LogP contribution in [0.2, 0.25) is 0 Å². The highest BCUT2D eigenvalue weighted by Crippen LogP contribution is 2.48. The Kier molecular flexibility index (Phi) is 6.68. The van der Waals surface area contributed by atoms with Crippen LogP contribution in [0.5, 0.6) is 5.75 Å². The monoisotopic (exact) mass is 686 g/mol. The van der Waals surface area contributed by atoms with Gasteiger partial charge in [-0.2, -0.15) is 0 Å². The van der Waals surface area contributed by atoms with Crippen molar-refractivity contribution in [3.05, 3.63) is 180 Å². The van der Waals surface area contributed by atoms with Gasteiger partial charge in [-0.15, -0.1) is 11.3 Å². The molecule has 8 aromatic rings. The van der Waals surface area contributed by atoms with Crippen molar-refractivity contribution in [3.63, 3.8) is 0 Å². The fourth-order valence-corrected chi connectivity index (χ4v) is 9.95. The van der Waals surface area contributed by atoms with E-state index in [1.165, 1.54) is 76.0 Å². The normalized spacial score (nSPS) is 17.2. The van der Waals surface area contributed by atoms with Gasteiger partial charge in [-0.05, 0) is 89.5 Å². The number of hydrogen-bond acceptors (Lipinski definition) is 3. The molecule has 2 atom stereocenters. The van der Waals surface area contributed by atoms with E-state index in [4.69, 9.17) is 4.74 Å². The van der Waals surface area contributed by atoms with Gasteiger partial charge in [0.15, 0.2) is 0 Å². The van der Waals surface area contributed by atoms with Crippen LogP contribution < -0.4 is 9.64 Å². The van der Waals surface area contributed by atoms with E-state index in [0.29, 0.717) is 0 Å². The molecule has 6 aromatic carbocycles. The summed E-state index contributed by atoms with van der Waals surface area (Å²) in [7, 11) is 0. The third kappa shape index (κ3) is 4.51. The van der Waals surface area contributed by atoms with Gasteiger partial charge in [0.05, 0.1) is 27.5 Å². The molecule has 248 valence electrons. The molecule has 0 saturated carbocycles. The van der Waals surface area contributed by atoms with E-state index < -0.39 is 0 Å². The molecule has 52 heavy (non-hydrogen) atoms. The predicted octanol–water partition coefficient (Wildman–Crippen LogP) is 12.5. The number of allylic oxidation sites excluding steroid dienone is 3. The minimum Gasteiger partial charge on any atom is -0.483 e. The number of anilines is 2. The lowest BCUT2D eigenvalue weighted by Crippen LogP contribution is -2.42. The Morgan fingerprint density at radius 2 is 1.48 bits per heavy atom. The van der Waals surface area contributed by atoms with Crippen LogP contribution in [-0.2, 0) is 6.42 Å². The van der Waals surface area contributed by atoms with Crippen molar-refractivity contribution >= 4 is 66.3 Å². The molecule has 4 heteroatoms. The maximum atomic E-state index is 6.78. The minimum absolute atomic E-state index is 0.0311. The van der Waals surface area contributed by atoms with Crippen molar-refractivity contribution < 1.29 is 4.74 Å². The summed E-state index contributed by atoms with van der Waals surface area (Å²) < 4.78 is 10.5. The summed E-state index contributed by atoms with van der Waals surface area (Å²) >= 11 is 1.92. The van der Waals surface area contributed by atoms with Gasteiger partial charge in [0, 0.05) is 38.2 Å². The van der Waals surface area contributed by atoms with Gasteiger partial charge >= 0.3 is 0 Å². The summed E-state index contributed by atoms with van der Waals surface area (Å²) in [5, 5.41) is 3.90. The zero-order valence-corrected chi connectivity index (χ0v) is 29.3. The summed E-state index contributed by atoms with van der Waals surface area (Å²) in [5.74, 6) is 0.959. The molecule has 0 radical (unpaired) electrons. The van der Waals surface area contributed by atoms with Crippen LogP contribution in [0.1, 0.15) is 22.4 Å². The first-order chi connectivity index (χ1) is 25.8. The Morgan fingerprint density at radius 1 is 0.692 bits per heavy atom. The summed E-state index contributed by atoms with van der Waals surface area (Å²) in [5.41, 5.74) is 12.3. The Morgan fingerprint density at radius 3 is 2.40 bits per heavy atom. The molecule has 0 amide bonds. The van der Waals surface area contributed by atoms with Crippen molar-refractivity contribution in [2.75, 3.05) is 4.90 Å². The Labute approximate surface area is 306 Å². The highest BCUT2D eigenvalue weighted by Gasteiger charge is 2.39. The molecule has 0 saturated heterocycles. The molecule has 0 bridgehead atoms. The molecule has 11 rings (SSSR count). The number of para-hydroxylation sites is 3. The van der Waals surface area contributed by atoms with Crippen LogP contribution in [0.25, 0.3) is 60.4 Å². The van der Waals surface area contributed by atoms with Crippen molar-refractivity contribution in [3.8, 4) is 22.6 Å². The van der Waals surface area contributed by atoms with Gasteiger partial charge in [-0.3, -0.25) is 0 Å². The molecular weight excluding hydrogens is 653 g/mol. The minimum atomic E-state index is -0.117. The smallest absolute Gasteiger partial charge is 0.149 e. The zero-order valence-electron chi connectivity index (χ0n) is 28.4. The number of fused-ring (bicyclic) bond motifs is 9. The van der Waals surface area contributed by atoms with Crippen LogP contribution in [0.15, 0.2) is 164 Å². The standard InChI is InChI=1S/C48H34N2OS/c1-2-12-33(13-3-1)49-41-19-7-4-14-35(41)36-29-26-32(30-44(36)49)31-24-27-34(28-25-31)50(42-20-10-17-39-37-15-5-8-22-45(37)51-47(39)42)43-21-11-18-40-38-16-6-9-23-46(38)52-48(40)43/h1-5,7-15,17-30,42,47H,6,16H2. The number of hydrogen-bond donors (Lipinski definition) is 0.